The maximum absolute atomic E-state index is 12.2. The number of nitrogens with zero attached hydrogens (tertiary/aromatic N) is 4. The third-order valence-corrected chi connectivity index (χ3v) is 6.57. The molecule has 38 heavy (non-hydrogen) atoms. The average Bonchev–Trinajstić information content (AvgIpc) is 3.25. The summed E-state index contributed by atoms with van der Waals surface area (Å²) in [5, 5.41) is 15.8. The van der Waals surface area contributed by atoms with Crippen molar-refractivity contribution in [3.05, 3.63) is 72.1 Å². The number of hydrogen-bond donors (Lipinski definition) is 1. The van der Waals surface area contributed by atoms with Crippen LogP contribution in [0.2, 0.25) is 0 Å². The predicted molar refractivity (Wildman–Crippen MR) is 144 cm³/mol. The van der Waals surface area contributed by atoms with Crippen LogP contribution in [0.25, 0.3) is 0 Å². The van der Waals surface area contributed by atoms with Gasteiger partial charge in [0.15, 0.2) is 11.5 Å². The van der Waals surface area contributed by atoms with Gasteiger partial charge >= 0.3 is 0 Å². The van der Waals surface area contributed by atoms with Crippen molar-refractivity contribution >= 4 is 5.91 Å². The number of para-hydroxylation sites is 1. The van der Waals surface area contributed by atoms with Crippen molar-refractivity contribution in [2.75, 3.05) is 46.5 Å². The first kappa shape index (κ1) is 27.5. The van der Waals surface area contributed by atoms with Gasteiger partial charge in [0.2, 0.25) is 5.91 Å². The van der Waals surface area contributed by atoms with Crippen LogP contribution in [0.4, 0.5) is 0 Å². The second kappa shape index (κ2) is 12.8. The van der Waals surface area contributed by atoms with Gasteiger partial charge in [0.05, 0.1) is 26.5 Å². The fraction of sp³-hybridized carbons (Fsp3) is 0.448. The molecule has 9 heteroatoms. The molecule has 9 nitrogen and oxygen atoms in total. The zero-order valence-electron chi connectivity index (χ0n) is 22.5. The molecule has 1 atom stereocenters. The zero-order valence-corrected chi connectivity index (χ0v) is 22.5. The Morgan fingerprint density at radius 3 is 2.61 bits per heavy atom. The van der Waals surface area contributed by atoms with Crippen LogP contribution in [-0.2, 0) is 17.9 Å². The lowest BCUT2D eigenvalue weighted by Gasteiger charge is -2.32. The second-order valence-corrected chi connectivity index (χ2v) is 9.95. The lowest BCUT2D eigenvalue weighted by atomic mass is 10.0. The van der Waals surface area contributed by atoms with Crippen LogP contribution >= 0.6 is 0 Å². The molecule has 3 aromatic rings. The van der Waals surface area contributed by atoms with E-state index in [0.29, 0.717) is 50.0 Å². The molecule has 0 bridgehead atoms. The number of methoxy groups -OCH3 is 1. The number of aryl methyl sites for hydroxylation is 2. The lowest BCUT2D eigenvalue weighted by molar-refractivity contribution is -0.132. The summed E-state index contributed by atoms with van der Waals surface area (Å²) in [6.07, 6.45) is 4.69. The first-order valence-corrected chi connectivity index (χ1v) is 13.0. The van der Waals surface area contributed by atoms with E-state index < -0.39 is 5.60 Å². The molecule has 1 amide bonds. The van der Waals surface area contributed by atoms with E-state index in [9.17, 15) is 9.90 Å². The molecule has 2 heterocycles. The van der Waals surface area contributed by atoms with E-state index in [0.717, 1.165) is 24.1 Å². The van der Waals surface area contributed by atoms with Crippen LogP contribution in [-0.4, -0.2) is 82.7 Å². The SMILES string of the molecule is COc1cc(CN2CCN(C(C)=O)CC(O)(COc3ccccc3)C2)ccc1OCCCn1cc(C)cn1. The topological polar surface area (TPSA) is 89.3 Å². The van der Waals surface area contributed by atoms with Gasteiger partial charge in [0.25, 0.3) is 0 Å². The first-order valence-electron chi connectivity index (χ1n) is 13.0. The number of carbonyl (C=O) groups is 1. The minimum atomic E-state index is -1.21. The Kier molecular flexibility index (Phi) is 9.25. The Balaban J connectivity index is 1.38. The number of carbonyl (C=O) groups excluding carboxylic acids is 1. The van der Waals surface area contributed by atoms with Crippen molar-refractivity contribution in [3.63, 3.8) is 0 Å². The molecule has 2 aromatic carbocycles. The quantitative estimate of drug-likeness (QED) is 0.387. The zero-order chi connectivity index (χ0) is 27.0. The van der Waals surface area contributed by atoms with Gasteiger partial charge in [-0.25, -0.2) is 0 Å². The predicted octanol–water partition coefficient (Wildman–Crippen LogP) is 3.14. The standard InChI is InChI=1S/C29H38N4O5/c1-23-17-30-33(18-23)12-7-15-37-27-11-10-25(16-28(27)36-3)19-31-13-14-32(24(2)34)21-29(35,20-31)22-38-26-8-5-4-6-9-26/h4-6,8-11,16-18,35H,7,12-15,19-22H2,1-3H3. The maximum Gasteiger partial charge on any atom is 0.219 e. The molecule has 4 rings (SSSR count). The third-order valence-electron chi connectivity index (χ3n) is 6.57. The summed E-state index contributed by atoms with van der Waals surface area (Å²) in [6, 6.07) is 15.3. The minimum Gasteiger partial charge on any atom is -0.493 e. The number of hydrogen-bond acceptors (Lipinski definition) is 7. The molecule has 1 aliphatic rings. The number of aliphatic hydroxyl groups is 1. The molecular formula is C29H38N4O5. The van der Waals surface area contributed by atoms with Crippen LogP contribution < -0.4 is 14.2 Å². The fourth-order valence-corrected chi connectivity index (χ4v) is 4.66. The summed E-state index contributed by atoms with van der Waals surface area (Å²) in [6.45, 7) is 7.35. The highest BCUT2D eigenvalue weighted by atomic mass is 16.5. The highest BCUT2D eigenvalue weighted by Crippen LogP contribution is 2.29. The summed E-state index contributed by atoms with van der Waals surface area (Å²) < 4.78 is 19.4. The van der Waals surface area contributed by atoms with E-state index in [1.165, 1.54) is 6.92 Å². The molecule has 0 aliphatic carbocycles. The number of aromatic nitrogens is 2. The Morgan fingerprint density at radius 2 is 1.89 bits per heavy atom. The second-order valence-electron chi connectivity index (χ2n) is 9.95. The highest BCUT2D eigenvalue weighted by Gasteiger charge is 2.37. The number of benzene rings is 2. The van der Waals surface area contributed by atoms with E-state index in [2.05, 4.69) is 10.00 Å². The molecule has 0 spiro atoms. The molecule has 0 radical (unpaired) electrons. The van der Waals surface area contributed by atoms with Gasteiger partial charge in [-0.3, -0.25) is 14.4 Å². The first-order chi connectivity index (χ1) is 18.3. The van der Waals surface area contributed by atoms with E-state index in [-0.39, 0.29) is 19.1 Å². The molecule has 204 valence electrons. The van der Waals surface area contributed by atoms with Gasteiger partial charge in [-0.2, -0.15) is 5.10 Å². The molecule has 1 fully saturated rings. The van der Waals surface area contributed by atoms with E-state index in [1.54, 1.807) is 12.0 Å². The van der Waals surface area contributed by atoms with Crippen LogP contribution in [0.5, 0.6) is 17.2 Å². The number of β-amino-alcohol motifs (C(OH)–C–C–N with tert-alkyl or cyclic N) is 1. The fourth-order valence-electron chi connectivity index (χ4n) is 4.66. The third kappa shape index (κ3) is 7.72. The molecule has 1 unspecified atom stereocenters. The van der Waals surface area contributed by atoms with E-state index in [1.807, 2.05) is 72.5 Å². The van der Waals surface area contributed by atoms with Crippen molar-refractivity contribution < 1.29 is 24.1 Å². The minimum absolute atomic E-state index is 0.0594. The summed E-state index contributed by atoms with van der Waals surface area (Å²) in [7, 11) is 1.63. The van der Waals surface area contributed by atoms with Gasteiger partial charge in [-0.15, -0.1) is 0 Å². The van der Waals surface area contributed by atoms with Gasteiger partial charge in [-0.1, -0.05) is 24.3 Å². The number of amides is 1. The van der Waals surface area contributed by atoms with E-state index >= 15 is 0 Å². The molecule has 0 saturated carbocycles. The Hall–Kier alpha value is -3.56. The van der Waals surface area contributed by atoms with E-state index in [4.69, 9.17) is 14.2 Å². The van der Waals surface area contributed by atoms with Crippen LogP contribution in [0.15, 0.2) is 60.9 Å². The number of rotatable bonds is 11. The van der Waals surface area contributed by atoms with Gasteiger partial charge in [0, 0.05) is 52.3 Å². The summed E-state index contributed by atoms with van der Waals surface area (Å²) in [5.41, 5.74) is 0.964. The Morgan fingerprint density at radius 1 is 1.08 bits per heavy atom. The summed E-state index contributed by atoms with van der Waals surface area (Å²) in [4.78, 5) is 16.1. The molecular weight excluding hydrogens is 484 g/mol. The molecule has 1 aliphatic heterocycles. The van der Waals surface area contributed by atoms with Gasteiger partial charge < -0.3 is 24.2 Å². The van der Waals surface area contributed by atoms with Crippen molar-refractivity contribution in [3.8, 4) is 17.2 Å². The summed E-state index contributed by atoms with van der Waals surface area (Å²) >= 11 is 0. The highest BCUT2D eigenvalue weighted by molar-refractivity contribution is 5.73. The largest absolute Gasteiger partial charge is 0.493 e. The average molecular weight is 523 g/mol. The molecule has 1 N–H and O–H groups in total. The maximum atomic E-state index is 12.2. The van der Waals surface area contributed by atoms with Crippen molar-refractivity contribution in [1.29, 1.82) is 0 Å². The van der Waals surface area contributed by atoms with Crippen LogP contribution in [0.1, 0.15) is 24.5 Å². The molecule has 1 aromatic heterocycles. The van der Waals surface area contributed by atoms with Gasteiger partial charge in [-0.05, 0) is 42.3 Å². The van der Waals surface area contributed by atoms with Crippen molar-refractivity contribution in [2.45, 2.75) is 39.0 Å². The lowest BCUT2D eigenvalue weighted by Crippen LogP contribution is -2.51. The van der Waals surface area contributed by atoms with Gasteiger partial charge in [0.1, 0.15) is 18.0 Å². The van der Waals surface area contributed by atoms with Crippen molar-refractivity contribution in [1.82, 2.24) is 19.6 Å². The smallest absolute Gasteiger partial charge is 0.219 e. The molecule has 1 saturated heterocycles. The monoisotopic (exact) mass is 522 g/mol. The number of ether oxygens (including phenoxy) is 3. The summed E-state index contributed by atoms with van der Waals surface area (Å²) in [5.74, 6) is 1.99. The van der Waals surface area contributed by atoms with Crippen LogP contribution in [0, 0.1) is 6.92 Å². The Bertz CT molecular complexity index is 1180. The Labute approximate surface area is 224 Å². The van der Waals surface area contributed by atoms with Crippen LogP contribution in [0.3, 0.4) is 0 Å². The van der Waals surface area contributed by atoms with Crippen molar-refractivity contribution in [2.24, 2.45) is 0 Å². The normalized spacial score (nSPS) is 18.2.